The van der Waals surface area contributed by atoms with E-state index in [1.807, 2.05) is 6.07 Å². The van der Waals surface area contributed by atoms with Crippen LogP contribution in [0.15, 0.2) is 24.4 Å². The number of pyridine rings is 1. The van der Waals surface area contributed by atoms with Crippen molar-refractivity contribution in [3.63, 3.8) is 0 Å². The molecular formula is C8H6N4O. The van der Waals surface area contributed by atoms with E-state index in [0.29, 0.717) is 17.8 Å². The Hall–Kier alpha value is -2.04. The summed E-state index contributed by atoms with van der Waals surface area (Å²) < 4.78 is 0. The molecule has 0 saturated carbocycles. The van der Waals surface area contributed by atoms with Gasteiger partial charge in [0.2, 0.25) is 0 Å². The van der Waals surface area contributed by atoms with Crippen LogP contribution < -0.4 is 0 Å². The van der Waals surface area contributed by atoms with Crippen LogP contribution in [-0.2, 0) is 0 Å². The molecule has 0 saturated heterocycles. The number of carbonyl (C=O) groups is 1. The molecule has 2 heterocycles. The minimum Gasteiger partial charge on any atom is -0.294 e. The van der Waals surface area contributed by atoms with Crippen molar-refractivity contribution < 1.29 is 4.79 Å². The lowest BCUT2D eigenvalue weighted by Crippen LogP contribution is -1.84. The number of aromatic amines is 1. The molecule has 0 aromatic carbocycles. The van der Waals surface area contributed by atoms with Crippen LogP contribution in [0.2, 0.25) is 0 Å². The van der Waals surface area contributed by atoms with E-state index in [4.69, 9.17) is 0 Å². The lowest BCUT2D eigenvalue weighted by Gasteiger charge is -1.89. The van der Waals surface area contributed by atoms with Crippen molar-refractivity contribution in [2.45, 2.75) is 0 Å². The zero-order valence-corrected chi connectivity index (χ0v) is 6.64. The van der Waals surface area contributed by atoms with Gasteiger partial charge in [0.05, 0.1) is 0 Å². The molecule has 1 N–H and O–H groups in total. The summed E-state index contributed by atoms with van der Waals surface area (Å²) in [4.78, 5) is 18.2. The fraction of sp³-hybridized carbons (Fsp3) is 0. The van der Waals surface area contributed by atoms with Gasteiger partial charge in [-0.15, -0.1) is 0 Å². The third kappa shape index (κ3) is 1.44. The van der Waals surface area contributed by atoms with Crippen molar-refractivity contribution >= 4 is 6.29 Å². The number of hydrogen-bond acceptors (Lipinski definition) is 4. The van der Waals surface area contributed by atoms with E-state index in [2.05, 4.69) is 20.2 Å². The average Bonchev–Trinajstić information content (AvgIpc) is 2.67. The minimum atomic E-state index is 0.209. The Kier molecular flexibility index (Phi) is 1.84. The van der Waals surface area contributed by atoms with Crippen molar-refractivity contribution in [2.75, 3.05) is 0 Å². The fourth-order valence-corrected chi connectivity index (χ4v) is 0.937. The Labute approximate surface area is 73.9 Å². The highest BCUT2D eigenvalue weighted by Gasteiger charge is 2.04. The molecule has 0 unspecified atom stereocenters. The van der Waals surface area contributed by atoms with Gasteiger partial charge in [0.15, 0.2) is 17.9 Å². The molecule has 2 aromatic rings. The highest BCUT2D eigenvalue weighted by molar-refractivity contribution is 5.69. The van der Waals surface area contributed by atoms with Crippen molar-refractivity contribution in [3.05, 3.63) is 30.2 Å². The van der Waals surface area contributed by atoms with Gasteiger partial charge >= 0.3 is 0 Å². The predicted molar refractivity (Wildman–Crippen MR) is 45.0 cm³/mol. The van der Waals surface area contributed by atoms with Gasteiger partial charge in [0, 0.05) is 6.20 Å². The first kappa shape index (κ1) is 7.60. The van der Waals surface area contributed by atoms with Gasteiger partial charge in [-0.25, -0.2) is 4.98 Å². The van der Waals surface area contributed by atoms with Gasteiger partial charge in [0.1, 0.15) is 5.69 Å². The maximum atomic E-state index is 10.3. The number of nitrogens with zero attached hydrogens (tertiary/aromatic N) is 3. The normalized spacial score (nSPS) is 9.85. The van der Waals surface area contributed by atoms with E-state index >= 15 is 0 Å². The van der Waals surface area contributed by atoms with Crippen molar-refractivity contribution in [2.24, 2.45) is 0 Å². The summed E-state index contributed by atoms with van der Waals surface area (Å²) in [6, 6.07) is 5.41. The number of H-pyrrole nitrogens is 1. The van der Waals surface area contributed by atoms with Gasteiger partial charge in [-0.05, 0) is 12.1 Å². The second-order valence-corrected chi connectivity index (χ2v) is 2.38. The van der Waals surface area contributed by atoms with Crippen molar-refractivity contribution in [1.29, 1.82) is 0 Å². The summed E-state index contributed by atoms with van der Waals surface area (Å²) in [6.07, 6.45) is 2.26. The molecule has 13 heavy (non-hydrogen) atoms. The smallest absolute Gasteiger partial charge is 0.200 e. The Morgan fingerprint density at radius 1 is 1.38 bits per heavy atom. The second-order valence-electron chi connectivity index (χ2n) is 2.38. The lowest BCUT2D eigenvalue weighted by molar-refractivity contribution is 0.111. The fourth-order valence-electron chi connectivity index (χ4n) is 0.937. The summed E-state index contributed by atoms with van der Waals surface area (Å²) in [5.74, 6) is 0.642. The van der Waals surface area contributed by atoms with Crippen LogP contribution in [-0.4, -0.2) is 26.5 Å². The van der Waals surface area contributed by atoms with Crippen LogP contribution in [0.4, 0.5) is 0 Å². The molecule has 0 aliphatic heterocycles. The first-order valence-corrected chi connectivity index (χ1v) is 3.69. The summed E-state index contributed by atoms with van der Waals surface area (Å²) in [5, 5.41) is 6.31. The first-order chi connectivity index (χ1) is 6.40. The van der Waals surface area contributed by atoms with E-state index < -0.39 is 0 Å². The standard InChI is InChI=1S/C8H6N4O/c13-5-7-10-8(12-11-7)6-3-1-2-4-9-6/h1-5H,(H,10,11,12). The van der Waals surface area contributed by atoms with Gasteiger partial charge in [0.25, 0.3) is 0 Å². The van der Waals surface area contributed by atoms with E-state index in [-0.39, 0.29) is 5.82 Å². The number of aromatic nitrogens is 4. The quantitative estimate of drug-likeness (QED) is 0.679. The number of aldehydes is 1. The average molecular weight is 174 g/mol. The zero-order valence-electron chi connectivity index (χ0n) is 6.64. The van der Waals surface area contributed by atoms with Gasteiger partial charge in [-0.3, -0.25) is 14.9 Å². The highest BCUT2D eigenvalue weighted by Crippen LogP contribution is 2.08. The van der Waals surface area contributed by atoms with Crippen LogP contribution in [0, 0.1) is 0 Å². The largest absolute Gasteiger partial charge is 0.294 e. The number of rotatable bonds is 2. The van der Waals surface area contributed by atoms with Crippen molar-refractivity contribution in [3.8, 4) is 11.5 Å². The Bertz CT molecular complexity index is 409. The maximum Gasteiger partial charge on any atom is 0.200 e. The molecule has 0 spiro atoms. The van der Waals surface area contributed by atoms with Crippen LogP contribution in [0.5, 0.6) is 0 Å². The predicted octanol–water partition coefficient (Wildman–Crippen LogP) is 0.679. The number of carbonyl (C=O) groups excluding carboxylic acids is 1. The zero-order chi connectivity index (χ0) is 9.10. The van der Waals surface area contributed by atoms with Gasteiger partial charge in [-0.1, -0.05) is 6.07 Å². The van der Waals surface area contributed by atoms with Crippen LogP contribution in [0.3, 0.4) is 0 Å². The number of nitrogens with one attached hydrogen (secondary N) is 1. The molecular weight excluding hydrogens is 168 g/mol. The van der Waals surface area contributed by atoms with E-state index in [1.165, 1.54) is 0 Å². The molecule has 0 aliphatic rings. The molecule has 2 rings (SSSR count). The number of hydrogen-bond donors (Lipinski definition) is 1. The topological polar surface area (TPSA) is 71.5 Å². The molecule has 2 aromatic heterocycles. The highest BCUT2D eigenvalue weighted by atomic mass is 16.1. The molecule has 0 atom stereocenters. The Morgan fingerprint density at radius 2 is 2.31 bits per heavy atom. The van der Waals surface area contributed by atoms with Crippen LogP contribution in [0.1, 0.15) is 10.6 Å². The van der Waals surface area contributed by atoms with E-state index in [9.17, 15) is 4.79 Å². The molecule has 0 bridgehead atoms. The maximum absolute atomic E-state index is 10.3. The van der Waals surface area contributed by atoms with Gasteiger partial charge in [-0.2, -0.15) is 5.10 Å². The molecule has 64 valence electrons. The summed E-state index contributed by atoms with van der Waals surface area (Å²) >= 11 is 0. The molecule has 0 fully saturated rings. The van der Waals surface area contributed by atoms with E-state index in [1.54, 1.807) is 18.3 Å². The Morgan fingerprint density at radius 3 is 2.92 bits per heavy atom. The molecule has 5 nitrogen and oxygen atoms in total. The third-order valence-corrected chi connectivity index (χ3v) is 1.51. The SMILES string of the molecule is O=Cc1nc(-c2ccccn2)n[nH]1. The molecule has 5 heteroatoms. The monoisotopic (exact) mass is 174 g/mol. The van der Waals surface area contributed by atoms with Crippen molar-refractivity contribution in [1.82, 2.24) is 20.2 Å². The first-order valence-electron chi connectivity index (χ1n) is 3.69. The second kappa shape index (κ2) is 3.14. The summed E-state index contributed by atoms with van der Waals surface area (Å²) in [5.41, 5.74) is 0.645. The van der Waals surface area contributed by atoms with Gasteiger partial charge < -0.3 is 0 Å². The molecule has 0 radical (unpaired) electrons. The van der Waals surface area contributed by atoms with Crippen LogP contribution >= 0.6 is 0 Å². The van der Waals surface area contributed by atoms with Crippen LogP contribution in [0.25, 0.3) is 11.5 Å². The lowest BCUT2D eigenvalue weighted by atomic mass is 10.3. The molecule has 0 aliphatic carbocycles. The summed E-state index contributed by atoms with van der Waals surface area (Å²) in [6.45, 7) is 0. The molecule has 0 amide bonds. The summed E-state index contributed by atoms with van der Waals surface area (Å²) in [7, 11) is 0. The minimum absolute atomic E-state index is 0.209. The van der Waals surface area contributed by atoms with E-state index in [0.717, 1.165) is 0 Å². The Balaban J connectivity index is 2.41. The third-order valence-electron chi connectivity index (χ3n) is 1.51.